The van der Waals surface area contributed by atoms with Crippen LogP contribution in [0.5, 0.6) is 0 Å². The zero-order valence-corrected chi connectivity index (χ0v) is 18.8. The summed E-state index contributed by atoms with van der Waals surface area (Å²) in [7, 11) is -4.30. The Labute approximate surface area is 195 Å². The Bertz CT molecular complexity index is 1490. The van der Waals surface area contributed by atoms with Crippen LogP contribution in [0.25, 0.3) is 11.0 Å². The second-order valence-corrected chi connectivity index (χ2v) is 9.43. The minimum absolute atomic E-state index is 0.0323. The molecule has 0 bridgehead atoms. The van der Waals surface area contributed by atoms with Gasteiger partial charge in [-0.15, -0.1) is 0 Å². The van der Waals surface area contributed by atoms with Gasteiger partial charge in [0.15, 0.2) is 11.5 Å². The highest BCUT2D eigenvalue weighted by atomic mass is 32.2. The molecule has 172 valence electrons. The van der Waals surface area contributed by atoms with Crippen LogP contribution in [-0.4, -0.2) is 53.5 Å². The van der Waals surface area contributed by atoms with Crippen LogP contribution in [-0.2, 0) is 10.0 Å². The maximum Gasteiger partial charge on any atom is 0.270 e. The third-order valence-corrected chi connectivity index (χ3v) is 7.27. The minimum Gasteiger partial charge on any atom is -0.314 e. The lowest BCUT2D eigenvalue weighted by Gasteiger charge is -2.37. The van der Waals surface area contributed by atoms with Gasteiger partial charge in [-0.05, 0) is 24.3 Å². The van der Waals surface area contributed by atoms with Gasteiger partial charge in [0.05, 0.1) is 22.8 Å². The molecule has 34 heavy (non-hydrogen) atoms. The fourth-order valence-corrected chi connectivity index (χ4v) is 5.39. The van der Waals surface area contributed by atoms with Gasteiger partial charge in [-0.25, -0.2) is 31.8 Å². The number of fused-ring (bicyclic) bond motifs is 1. The summed E-state index contributed by atoms with van der Waals surface area (Å²) in [4.78, 5) is 8.66. The van der Waals surface area contributed by atoms with Crippen LogP contribution in [0.2, 0.25) is 0 Å². The summed E-state index contributed by atoms with van der Waals surface area (Å²) < 4.78 is 42.5. The molecule has 0 atom stereocenters. The van der Waals surface area contributed by atoms with Crippen molar-refractivity contribution in [3.05, 3.63) is 78.4 Å². The van der Waals surface area contributed by atoms with Crippen LogP contribution in [0.1, 0.15) is 5.56 Å². The summed E-state index contributed by atoms with van der Waals surface area (Å²) >= 11 is 0. The number of nitrogens with one attached hydrogen (secondary N) is 1. The Hall–Kier alpha value is -3.85. The molecule has 1 aliphatic rings. The molecule has 0 spiro atoms. The highest BCUT2D eigenvalue weighted by Crippen LogP contribution is 2.29. The van der Waals surface area contributed by atoms with E-state index in [1.54, 1.807) is 6.07 Å². The van der Waals surface area contributed by atoms with Crippen molar-refractivity contribution in [2.45, 2.75) is 4.90 Å². The van der Waals surface area contributed by atoms with Gasteiger partial charge >= 0.3 is 0 Å². The monoisotopic (exact) mass is 477 g/mol. The number of hydrogen-bond donors (Lipinski definition) is 1. The first-order chi connectivity index (χ1) is 16.5. The number of rotatable bonds is 5. The highest BCUT2D eigenvalue weighted by molar-refractivity contribution is 7.90. The Morgan fingerprint density at radius 2 is 1.76 bits per heavy atom. The van der Waals surface area contributed by atoms with Gasteiger partial charge < -0.3 is 5.32 Å². The zero-order chi connectivity index (χ0) is 23.7. The molecular weight excluding hydrogens is 457 g/mol. The molecule has 9 nitrogen and oxygen atoms in total. The molecular formula is C23H20FN7O2S. The SMILES string of the molecule is N#Cc1ccccc1S(=O)(=O)n1cc(F)c2cnc(N(c3ccccc3)N3CCNCC3)nc21. The van der Waals surface area contributed by atoms with Gasteiger partial charge in [0.1, 0.15) is 11.0 Å². The van der Waals surface area contributed by atoms with Crippen molar-refractivity contribution in [3.63, 3.8) is 0 Å². The lowest BCUT2D eigenvalue weighted by Crippen LogP contribution is -2.51. The fourth-order valence-electron chi connectivity index (χ4n) is 3.94. The number of hydrogen-bond acceptors (Lipinski definition) is 8. The summed E-state index contributed by atoms with van der Waals surface area (Å²) in [5.74, 6) is -0.559. The standard InChI is InChI=1S/C23H20FN7O2S/c24-20-16-30(34(32,33)21-9-5-4-6-17(21)14-25)22-19(20)15-27-23(28-22)31(18-7-2-1-3-8-18)29-12-10-26-11-13-29/h1-9,15-16,26H,10-13H2. The molecule has 0 aliphatic carbocycles. The van der Waals surface area contributed by atoms with E-state index in [0.29, 0.717) is 13.1 Å². The number of halogens is 1. The summed E-state index contributed by atoms with van der Waals surface area (Å²) in [6, 6.07) is 17.1. The smallest absolute Gasteiger partial charge is 0.270 e. The average Bonchev–Trinajstić information content (AvgIpc) is 3.22. The van der Waals surface area contributed by atoms with Crippen molar-refractivity contribution in [2.75, 3.05) is 31.2 Å². The van der Waals surface area contributed by atoms with Gasteiger partial charge in [-0.1, -0.05) is 30.3 Å². The third-order valence-electron chi connectivity index (χ3n) is 5.56. The molecule has 5 rings (SSSR count). The molecule has 4 aromatic rings. The lowest BCUT2D eigenvalue weighted by atomic mass is 10.2. The van der Waals surface area contributed by atoms with Crippen molar-refractivity contribution >= 4 is 32.7 Å². The second kappa shape index (κ2) is 8.83. The largest absolute Gasteiger partial charge is 0.314 e. The van der Waals surface area contributed by atoms with Crippen LogP contribution in [0, 0.1) is 17.1 Å². The predicted octanol–water partition coefficient (Wildman–Crippen LogP) is 2.64. The Kier molecular flexibility index (Phi) is 5.70. The fraction of sp³-hybridized carbons (Fsp3) is 0.174. The summed E-state index contributed by atoms with van der Waals surface area (Å²) in [6.07, 6.45) is 2.15. The van der Waals surface area contributed by atoms with Gasteiger partial charge in [-0.3, -0.25) is 0 Å². The summed E-state index contributed by atoms with van der Waals surface area (Å²) in [5, 5.41) is 16.5. The molecule has 0 amide bonds. The molecule has 2 aromatic carbocycles. The van der Waals surface area contributed by atoms with E-state index in [1.165, 1.54) is 24.4 Å². The van der Waals surface area contributed by atoms with Crippen LogP contribution < -0.4 is 10.3 Å². The first-order valence-corrected chi connectivity index (χ1v) is 12.0. The predicted molar refractivity (Wildman–Crippen MR) is 124 cm³/mol. The molecule has 3 heterocycles. The first kappa shape index (κ1) is 22.0. The third kappa shape index (κ3) is 3.77. The molecule has 1 fully saturated rings. The minimum atomic E-state index is -4.30. The van der Waals surface area contributed by atoms with Crippen molar-refractivity contribution in [3.8, 4) is 6.07 Å². The van der Waals surface area contributed by atoms with Gasteiger partial charge in [0.25, 0.3) is 10.0 Å². The average molecular weight is 478 g/mol. The number of benzene rings is 2. The van der Waals surface area contributed by atoms with Gasteiger partial charge in [-0.2, -0.15) is 10.2 Å². The maximum atomic E-state index is 14.8. The van der Waals surface area contributed by atoms with E-state index in [-0.39, 0.29) is 27.4 Å². The lowest BCUT2D eigenvalue weighted by molar-refractivity contribution is 0.240. The van der Waals surface area contributed by atoms with E-state index in [9.17, 15) is 18.1 Å². The molecule has 0 unspecified atom stereocenters. The summed E-state index contributed by atoms with van der Waals surface area (Å²) in [6.45, 7) is 2.88. The van der Waals surface area contributed by atoms with E-state index in [4.69, 9.17) is 0 Å². The number of aromatic nitrogens is 3. The number of para-hydroxylation sites is 1. The first-order valence-electron chi connectivity index (χ1n) is 10.6. The molecule has 1 aliphatic heterocycles. The van der Waals surface area contributed by atoms with Crippen molar-refractivity contribution in [1.29, 1.82) is 5.26 Å². The molecule has 1 saturated heterocycles. The highest BCUT2D eigenvalue weighted by Gasteiger charge is 2.28. The summed E-state index contributed by atoms with van der Waals surface area (Å²) in [5.41, 5.74) is 0.650. The molecule has 0 saturated carbocycles. The Morgan fingerprint density at radius 3 is 2.50 bits per heavy atom. The molecule has 1 N–H and O–H groups in total. The van der Waals surface area contributed by atoms with E-state index in [2.05, 4.69) is 20.3 Å². The van der Waals surface area contributed by atoms with Gasteiger partial charge in [0.2, 0.25) is 5.95 Å². The van der Waals surface area contributed by atoms with E-state index < -0.39 is 15.8 Å². The van der Waals surface area contributed by atoms with E-state index in [0.717, 1.165) is 28.9 Å². The Morgan fingerprint density at radius 1 is 1.06 bits per heavy atom. The van der Waals surface area contributed by atoms with Gasteiger partial charge in [0, 0.05) is 32.4 Å². The molecule has 0 radical (unpaired) electrons. The van der Waals surface area contributed by atoms with Crippen molar-refractivity contribution < 1.29 is 12.8 Å². The molecule has 11 heteroatoms. The maximum absolute atomic E-state index is 14.8. The van der Waals surface area contributed by atoms with E-state index >= 15 is 0 Å². The number of nitriles is 1. The van der Waals surface area contributed by atoms with Crippen LogP contribution in [0.3, 0.4) is 0 Å². The van der Waals surface area contributed by atoms with Crippen LogP contribution >= 0.6 is 0 Å². The number of anilines is 2. The normalized spacial score (nSPS) is 14.7. The topological polar surface area (TPSA) is 107 Å². The number of piperazine rings is 1. The van der Waals surface area contributed by atoms with Crippen LogP contribution in [0.15, 0.2) is 71.9 Å². The number of nitrogens with zero attached hydrogens (tertiary/aromatic N) is 6. The second-order valence-electron chi connectivity index (χ2n) is 7.64. The Balaban J connectivity index is 1.69. The number of hydrazine groups is 1. The zero-order valence-electron chi connectivity index (χ0n) is 18.0. The van der Waals surface area contributed by atoms with Crippen LogP contribution in [0.4, 0.5) is 16.0 Å². The van der Waals surface area contributed by atoms with E-state index in [1.807, 2.05) is 41.4 Å². The quantitative estimate of drug-likeness (QED) is 0.468. The van der Waals surface area contributed by atoms with Crippen molar-refractivity contribution in [2.24, 2.45) is 0 Å². The van der Waals surface area contributed by atoms with Crippen molar-refractivity contribution in [1.82, 2.24) is 24.3 Å². The molecule has 2 aromatic heterocycles.